The number of benzene rings is 1. The zero-order valence-electron chi connectivity index (χ0n) is 15.7. The minimum atomic E-state index is -0.263. The molecule has 0 radical (unpaired) electrons. The molecule has 0 aliphatic heterocycles. The molecule has 2 heterocycles. The fraction of sp³-hybridized carbons (Fsp3) is 0.368. The third-order valence-electron chi connectivity index (χ3n) is 4.16. The van der Waals surface area contributed by atoms with Gasteiger partial charge in [-0.1, -0.05) is 13.0 Å². The van der Waals surface area contributed by atoms with Crippen LogP contribution in [0.25, 0.3) is 11.0 Å². The highest BCUT2D eigenvalue weighted by Crippen LogP contribution is 2.28. The molecule has 1 N–H and O–H groups in total. The van der Waals surface area contributed by atoms with Gasteiger partial charge in [-0.25, -0.2) is 4.98 Å². The molecule has 0 spiro atoms. The van der Waals surface area contributed by atoms with E-state index in [9.17, 15) is 9.59 Å². The number of nitrogens with one attached hydrogen (secondary N) is 1. The number of nitrogens with zero attached hydrogens (tertiary/aromatic N) is 4. The first-order chi connectivity index (χ1) is 13.1. The number of rotatable bonds is 8. The zero-order chi connectivity index (χ0) is 19.4. The minimum Gasteiger partial charge on any atom is -0.484 e. The van der Waals surface area contributed by atoms with Gasteiger partial charge in [0.15, 0.2) is 6.29 Å². The lowest BCUT2D eigenvalue weighted by atomic mass is 10.3. The predicted octanol–water partition coefficient (Wildman–Crippen LogP) is 2.80. The Hall–Kier alpha value is -3.16. The fourth-order valence-corrected chi connectivity index (χ4v) is 3.04. The van der Waals surface area contributed by atoms with Crippen molar-refractivity contribution in [3.63, 3.8) is 0 Å². The lowest BCUT2D eigenvalue weighted by molar-refractivity contribution is -0.109. The zero-order valence-corrected chi connectivity index (χ0v) is 15.7. The largest absolute Gasteiger partial charge is 0.484 e. The van der Waals surface area contributed by atoms with Crippen molar-refractivity contribution in [2.75, 3.05) is 11.9 Å². The summed E-state index contributed by atoms with van der Waals surface area (Å²) in [5, 5.41) is 7.22. The molecule has 0 saturated carbocycles. The van der Waals surface area contributed by atoms with Crippen molar-refractivity contribution in [2.45, 2.75) is 40.3 Å². The molecule has 3 rings (SSSR count). The van der Waals surface area contributed by atoms with Crippen LogP contribution in [0, 0.1) is 6.92 Å². The van der Waals surface area contributed by atoms with Gasteiger partial charge in [0, 0.05) is 13.1 Å². The Bertz CT molecular complexity index is 973. The number of aldehydes is 1. The number of para-hydroxylation sites is 1. The molecule has 1 aromatic carbocycles. The van der Waals surface area contributed by atoms with E-state index < -0.39 is 0 Å². The number of aryl methyl sites for hydroxylation is 3. The van der Waals surface area contributed by atoms with Crippen LogP contribution in [0.2, 0.25) is 0 Å². The Balaban J connectivity index is 2.00. The molecule has 0 atom stereocenters. The lowest BCUT2D eigenvalue weighted by Gasteiger charge is -2.09. The van der Waals surface area contributed by atoms with Gasteiger partial charge >= 0.3 is 0 Å². The van der Waals surface area contributed by atoms with Crippen LogP contribution in [0.15, 0.2) is 24.3 Å². The Morgan fingerprint density at radius 3 is 2.85 bits per heavy atom. The summed E-state index contributed by atoms with van der Waals surface area (Å²) in [4.78, 5) is 28.0. The highest BCUT2D eigenvalue weighted by atomic mass is 16.5. The summed E-state index contributed by atoms with van der Waals surface area (Å²) < 4.78 is 9.08. The molecule has 142 valence electrons. The van der Waals surface area contributed by atoms with Gasteiger partial charge in [0.25, 0.3) is 5.91 Å². The Morgan fingerprint density at radius 2 is 2.15 bits per heavy atom. The number of aromatic nitrogens is 4. The van der Waals surface area contributed by atoms with Crippen molar-refractivity contribution in [2.24, 2.45) is 0 Å². The number of ether oxygens (including phenoxy) is 1. The third-order valence-corrected chi connectivity index (χ3v) is 4.16. The number of anilines is 1. The van der Waals surface area contributed by atoms with Gasteiger partial charge in [0.2, 0.25) is 5.95 Å². The Morgan fingerprint density at radius 1 is 1.33 bits per heavy atom. The number of carbonyl (C=O) groups excluding carboxylic acids is 2. The number of imidazole rings is 1. The third kappa shape index (κ3) is 3.69. The number of amides is 1. The summed E-state index contributed by atoms with van der Waals surface area (Å²) >= 11 is 0. The van der Waals surface area contributed by atoms with Gasteiger partial charge in [-0.2, -0.15) is 5.10 Å². The van der Waals surface area contributed by atoms with Gasteiger partial charge in [0.1, 0.15) is 23.6 Å². The summed E-state index contributed by atoms with van der Waals surface area (Å²) in [5.74, 6) is 0.695. The van der Waals surface area contributed by atoms with Crippen LogP contribution in [-0.2, 0) is 17.9 Å². The second kappa shape index (κ2) is 8.03. The normalized spacial score (nSPS) is 10.9. The quantitative estimate of drug-likeness (QED) is 0.617. The van der Waals surface area contributed by atoms with Crippen LogP contribution in [0.4, 0.5) is 5.95 Å². The molecular formula is C19H23N5O3. The van der Waals surface area contributed by atoms with E-state index in [-0.39, 0.29) is 12.5 Å². The van der Waals surface area contributed by atoms with Gasteiger partial charge in [0.05, 0.1) is 11.2 Å². The topological polar surface area (TPSA) is 91.0 Å². The maximum atomic E-state index is 12.8. The summed E-state index contributed by atoms with van der Waals surface area (Å²) in [7, 11) is 0. The van der Waals surface area contributed by atoms with Crippen LogP contribution in [0.1, 0.15) is 36.5 Å². The molecule has 0 fully saturated rings. The molecule has 0 aliphatic rings. The molecule has 27 heavy (non-hydrogen) atoms. The number of fused-ring (bicyclic) bond motifs is 1. The fourth-order valence-electron chi connectivity index (χ4n) is 3.04. The average Bonchev–Trinajstić information content (AvgIpc) is 3.21. The first-order valence-electron chi connectivity index (χ1n) is 9.00. The van der Waals surface area contributed by atoms with Crippen molar-refractivity contribution in [1.82, 2.24) is 19.3 Å². The summed E-state index contributed by atoms with van der Waals surface area (Å²) in [6.45, 7) is 7.09. The molecular weight excluding hydrogens is 346 g/mol. The van der Waals surface area contributed by atoms with E-state index in [0.717, 1.165) is 17.6 Å². The van der Waals surface area contributed by atoms with Gasteiger partial charge in [-0.05, 0) is 38.5 Å². The first kappa shape index (κ1) is 18.6. The second-order valence-corrected chi connectivity index (χ2v) is 6.13. The minimum absolute atomic E-state index is 0.0452. The lowest BCUT2D eigenvalue weighted by Crippen LogP contribution is -2.20. The van der Waals surface area contributed by atoms with Crippen molar-refractivity contribution in [1.29, 1.82) is 0 Å². The van der Waals surface area contributed by atoms with E-state index in [1.165, 1.54) is 0 Å². The molecule has 3 aromatic rings. The SMILES string of the molecule is CCCn1c(NC(=O)c2cc(C)nn2CC)nc2c(OCC=O)cccc21. The molecule has 2 aromatic heterocycles. The van der Waals surface area contributed by atoms with E-state index in [2.05, 4.69) is 22.3 Å². The maximum absolute atomic E-state index is 12.8. The molecule has 0 aliphatic carbocycles. The maximum Gasteiger partial charge on any atom is 0.276 e. The van der Waals surface area contributed by atoms with E-state index >= 15 is 0 Å². The summed E-state index contributed by atoms with van der Waals surface area (Å²) in [6, 6.07) is 7.28. The van der Waals surface area contributed by atoms with E-state index in [1.807, 2.05) is 30.5 Å². The Kier molecular flexibility index (Phi) is 5.54. The molecule has 0 saturated heterocycles. The number of carbonyl (C=O) groups is 2. The van der Waals surface area contributed by atoms with Crippen LogP contribution in [0.3, 0.4) is 0 Å². The molecule has 8 nitrogen and oxygen atoms in total. The Labute approximate surface area is 157 Å². The molecule has 0 bridgehead atoms. The van der Waals surface area contributed by atoms with E-state index in [1.54, 1.807) is 16.8 Å². The molecule has 8 heteroatoms. The monoisotopic (exact) mass is 369 g/mol. The van der Waals surface area contributed by atoms with Crippen molar-refractivity contribution < 1.29 is 14.3 Å². The summed E-state index contributed by atoms with van der Waals surface area (Å²) in [6.07, 6.45) is 1.57. The highest BCUT2D eigenvalue weighted by Gasteiger charge is 2.19. The smallest absolute Gasteiger partial charge is 0.276 e. The van der Waals surface area contributed by atoms with Crippen LogP contribution in [-0.4, -0.2) is 38.1 Å². The van der Waals surface area contributed by atoms with Crippen molar-refractivity contribution in [3.8, 4) is 5.75 Å². The number of hydrogen-bond donors (Lipinski definition) is 1. The number of hydrogen-bond acceptors (Lipinski definition) is 5. The standard InChI is InChI=1S/C19H23N5O3/c1-4-9-23-14-7-6-8-16(27-11-10-25)17(14)20-19(23)21-18(26)15-12-13(3)22-24(15)5-2/h6-8,10,12H,4-5,9,11H2,1-3H3,(H,20,21,26). The molecule has 0 unspecified atom stereocenters. The van der Waals surface area contributed by atoms with Gasteiger partial charge < -0.3 is 9.30 Å². The van der Waals surface area contributed by atoms with Crippen LogP contribution >= 0.6 is 0 Å². The van der Waals surface area contributed by atoms with Crippen LogP contribution in [0.5, 0.6) is 5.75 Å². The second-order valence-electron chi connectivity index (χ2n) is 6.13. The van der Waals surface area contributed by atoms with Gasteiger partial charge in [-0.3, -0.25) is 19.6 Å². The van der Waals surface area contributed by atoms with Gasteiger partial charge in [-0.15, -0.1) is 0 Å². The molecule has 1 amide bonds. The first-order valence-corrected chi connectivity index (χ1v) is 9.00. The van der Waals surface area contributed by atoms with E-state index in [4.69, 9.17) is 4.74 Å². The van der Waals surface area contributed by atoms with Crippen LogP contribution < -0.4 is 10.1 Å². The highest BCUT2D eigenvalue weighted by molar-refractivity contribution is 6.03. The average molecular weight is 369 g/mol. The predicted molar refractivity (Wildman–Crippen MR) is 102 cm³/mol. The van der Waals surface area contributed by atoms with E-state index in [0.29, 0.717) is 42.3 Å². The van der Waals surface area contributed by atoms with Crippen molar-refractivity contribution in [3.05, 3.63) is 35.7 Å². The summed E-state index contributed by atoms with van der Waals surface area (Å²) in [5.41, 5.74) is 2.73. The van der Waals surface area contributed by atoms with Crippen molar-refractivity contribution >= 4 is 29.2 Å².